The molecule has 0 aliphatic heterocycles. The average molecular weight is 446 g/mol. The van der Waals surface area contributed by atoms with Gasteiger partial charge >= 0.3 is 5.97 Å². The number of esters is 1. The quantitative estimate of drug-likeness (QED) is 0.384. The number of hydrogen-bond donors (Lipinski definition) is 1. The van der Waals surface area contributed by atoms with Gasteiger partial charge < -0.3 is 28.7 Å². The molecule has 0 aliphatic carbocycles. The van der Waals surface area contributed by atoms with Gasteiger partial charge in [-0.05, 0) is 24.3 Å². The number of carbonyl (C=O) groups excluding carboxylic acids is 2. The summed E-state index contributed by atoms with van der Waals surface area (Å²) >= 11 is 6.03. The van der Waals surface area contributed by atoms with Crippen molar-refractivity contribution in [2.24, 2.45) is 0 Å². The van der Waals surface area contributed by atoms with Crippen molar-refractivity contribution in [1.82, 2.24) is 0 Å². The maximum absolute atomic E-state index is 12.7. The second-order valence-corrected chi connectivity index (χ2v) is 6.51. The molecule has 0 aliphatic rings. The van der Waals surface area contributed by atoms with Crippen molar-refractivity contribution in [2.45, 2.75) is 0 Å². The van der Waals surface area contributed by atoms with Gasteiger partial charge in [-0.25, -0.2) is 4.79 Å². The minimum atomic E-state index is -0.682. The highest BCUT2D eigenvalue weighted by molar-refractivity contribution is 6.32. The Morgan fingerprint density at radius 2 is 1.71 bits per heavy atom. The third-order valence-electron chi connectivity index (χ3n) is 4.15. The van der Waals surface area contributed by atoms with Crippen LogP contribution >= 0.6 is 11.6 Å². The summed E-state index contributed by atoms with van der Waals surface area (Å²) in [6.45, 7) is 0.0564. The summed E-state index contributed by atoms with van der Waals surface area (Å²) in [5, 5.41) is 3.08. The Morgan fingerprint density at radius 3 is 2.39 bits per heavy atom. The second-order valence-electron chi connectivity index (χ2n) is 6.10. The molecule has 1 N–H and O–H groups in total. The van der Waals surface area contributed by atoms with Crippen molar-refractivity contribution in [3.8, 4) is 17.2 Å². The van der Waals surface area contributed by atoms with E-state index < -0.39 is 11.9 Å². The zero-order valence-electron chi connectivity index (χ0n) is 16.8. The van der Waals surface area contributed by atoms with Crippen LogP contribution in [0.25, 0.3) is 0 Å². The SMILES string of the molecule is COc1cc(NC(=O)c2ccco2)c(C(=O)OCCOc2ccccc2Cl)cc1OC. The molecule has 9 heteroatoms. The molecule has 31 heavy (non-hydrogen) atoms. The van der Waals surface area contributed by atoms with Gasteiger partial charge in [0.05, 0.1) is 36.8 Å². The number of benzene rings is 2. The van der Waals surface area contributed by atoms with Gasteiger partial charge in [0.25, 0.3) is 5.91 Å². The number of furan rings is 1. The summed E-state index contributed by atoms with van der Waals surface area (Å²) in [5.41, 5.74) is 0.256. The maximum Gasteiger partial charge on any atom is 0.340 e. The molecule has 1 aromatic heterocycles. The molecular weight excluding hydrogens is 426 g/mol. The molecule has 0 spiro atoms. The topological polar surface area (TPSA) is 96.2 Å². The van der Waals surface area contributed by atoms with Crippen molar-refractivity contribution in [3.05, 3.63) is 71.1 Å². The van der Waals surface area contributed by atoms with Crippen LogP contribution in [0, 0.1) is 0 Å². The van der Waals surface area contributed by atoms with Crippen molar-refractivity contribution >= 4 is 29.2 Å². The van der Waals surface area contributed by atoms with Crippen LogP contribution in [0.3, 0.4) is 0 Å². The maximum atomic E-state index is 12.7. The van der Waals surface area contributed by atoms with Crippen LogP contribution < -0.4 is 19.5 Å². The number of methoxy groups -OCH3 is 2. The van der Waals surface area contributed by atoms with Gasteiger partial charge in [-0.15, -0.1) is 0 Å². The highest BCUT2D eigenvalue weighted by Gasteiger charge is 2.21. The third kappa shape index (κ3) is 5.49. The summed E-state index contributed by atoms with van der Waals surface area (Å²) in [7, 11) is 2.88. The predicted molar refractivity (Wildman–Crippen MR) is 113 cm³/mol. The molecule has 1 heterocycles. The van der Waals surface area contributed by atoms with E-state index in [2.05, 4.69) is 5.32 Å². The largest absolute Gasteiger partial charge is 0.493 e. The average Bonchev–Trinajstić information content (AvgIpc) is 3.32. The molecule has 0 saturated carbocycles. The second kappa shape index (κ2) is 10.4. The van der Waals surface area contributed by atoms with E-state index in [0.29, 0.717) is 22.3 Å². The molecular formula is C22H20ClNO7. The fraction of sp³-hybridized carbons (Fsp3) is 0.182. The van der Waals surface area contributed by atoms with Gasteiger partial charge in [0.2, 0.25) is 0 Å². The number of hydrogen-bond acceptors (Lipinski definition) is 7. The first-order valence-corrected chi connectivity index (χ1v) is 9.56. The lowest BCUT2D eigenvalue weighted by Gasteiger charge is -2.15. The normalized spacial score (nSPS) is 10.3. The molecule has 0 atom stereocenters. The van der Waals surface area contributed by atoms with E-state index in [4.69, 9.17) is 35.0 Å². The number of rotatable bonds is 9. The molecule has 3 rings (SSSR count). The Bertz CT molecular complexity index is 1050. The van der Waals surface area contributed by atoms with E-state index in [-0.39, 0.29) is 30.2 Å². The molecule has 0 radical (unpaired) electrons. The number of para-hydroxylation sites is 1. The van der Waals surface area contributed by atoms with E-state index in [1.54, 1.807) is 30.3 Å². The summed E-state index contributed by atoms with van der Waals surface area (Å²) in [6, 6.07) is 12.9. The van der Waals surface area contributed by atoms with Gasteiger partial charge in [0, 0.05) is 12.1 Å². The van der Waals surface area contributed by atoms with Gasteiger partial charge in [0.15, 0.2) is 17.3 Å². The number of ether oxygens (including phenoxy) is 4. The van der Waals surface area contributed by atoms with Crippen LogP contribution in [0.4, 0.5) is 5.69 Å². The number of amides is 1. The Morgan fingerprint density at radius 1 is 0.968 bits per heavy atom. The van der Waals surface area contributed by atoms with Crippen molar-refractivity contribution in [3.63, 3.8) is 0 Å². The van der Waals surface area contributed by atoms with E-state index in [0.717, 1.165) is 0 Å². The number of halogens is 1. The van der Waals surface area contributed by atoms with Crippen LogP contribution in [0.2, 0.25) is 5.02 Å². The molecule has 0 fully saturated rings. The molecule has 3 aromatic rings. The Balaban J connectivity index is 1.73. The zero-order chi connectivity index (χ0) is 22.2. The van der Waals surface area contributed by atoms with E-state index in [1.165, 1.54) is 38.7 Å². The number of anilines is 1. The lowest BCUT2D eigenvalue weighted by atomic mass is 10.1. The first kappa shape index (κ1) is 22.0. The van der Waals surface area contributed by atoms with E-state index in [1.807, 2.05) is 0 Å². The Hall–Kier alpha value is -3.65. The van der Waals surface area contributed by atoms with Gasteiger partial charge in [0.1, 0.15) is 19.0 Å². The summed E-state index contributed by atoms with van der Waals surface area (Å²) < 4.78 is 26.4. The van der Waals surface area contributed by atoms with Gasteiger partial charge in [-0.1, -0.05) is 23.7 Å². The fourth-order valence-electron chi connectivity index (χ4n) is 2.67. The molecule has 1 amide bonds. The Labute approximate surface area is 183 Å². The molecule has 2 aromatic carbocycles. The number of carbonyl (C=O) groups is 2. The van der Waals surface area contributed by atoms with Crippen molar-refractivity contribution in [1.29, 1.82) is 0 Å². The lowest BCUT2D eigenvalue weighted by molar-refractivity contribution is 0.0451. The van der Waals surface area contributed by atoms with Crippen LogP contribution in [-0.2, 0) is 4.74 Å². The lowest BCUT2D eigenvalue weighted by Crippen LogP contribution is -2.17. The summed E-state index contributed by atoms with van der Waals surface area (Å²) in [4.78, 5) is 25.1. The van der Waals surface area contributed by atoms with Crippen LogP contribution in [0.15, 0.2) is 59.2 Å². The van der Waals surface area contributed by atoms with Crippen LogP contribution in [0.5, 0.6) is 17.2 Å². The minimum Gasteiger partial charge on any atom is -0.493 e. The van der Waals surface area contributed by atoms with E-state index in [9.17, 15) is 9.59 Å². The van der Waals surface area contributed by atoms with Crippen molar-refractivity contribution < 1.29 is 33.0 Å². The van der Waals surface area contributed by atoms with Crippen molar-refractivity contribution in [2.75, 3.05) is 32.8 Å². The first-order valence-electron chi connectivity index (χ1n) is 9.18. The first-order chi connectivity index (χ1) is 15.0. The monoisotopic (exact) mass is 445 g/mol. The molecule has 0 unspecified atom stereocenters. The van der Waals surface area contributed by atoms with Gasteiger partial charge in [-0.3, -0.25) is 4.79 Å². The Kier molecular flexibility index (Phi) is 7.40. The smallest absolute Gasteiger partial charge is 0.340 e. The van der Waals surface area contributed by atoms with Gasteiger partial charge in [-0.2, -0.15) is 0 Å². The van der Waals surface area contributed by atoms with Crippen LogP contribution in [-0.4, -0.2) is 39.3 Å². The van der Waals surface area contributed by atoms with Crippen LogP contribution in [0.1, 0.15) is 20.9 Å². The van der Waals surface area contributed by atoms with E-state index >= 15 is 0 Å². The molecule has 8 nitrogen and oxygen atoms in total. The minimum absolute atomic E-state index is 0.0377. The third-order valence-corrected chi connectivity index (χ3v) is 4.46. The molecule has 0 bridgehead atoms. The predicted octanol–water partition coefficient (Wildman–Crippen LogP) is 4.44. The molecule has 0 saturated heterocycles. The highest BCUT2D eigenvalue weighted by atomic mass is 35.5. The summed E-state index contributed by atoms with van der Waals surface area (Å²) in [6.07, 6.45) is 1.37. The highest BCUT2D eigenvalue weighted by Crippen LogP contribution is 2.34. The zero-order valence-corrected chi connectivity index (χ0v) is 17.6. The number of nitrogens with one attached hydrogen (secondary N) is 1. The fourth-order valence-corrected chi connectivity index (χ4v) is 2.86. The standard InChI is InChI=1S/C22H20ClNO7/c1-27-19-12-14(22(26)31-11-10-30-17-7-4-3-6-15(17)23)16(13-20(19)28-2)24-21(25)18-8-5-9-29-18/h3-9,12-13H,10-11H2,1-2H3,(H,24,25). The molecule has 162 valence electrons. The summed E-state index contributed by atoms with van der Waals surface area (Å²) in [5.74, 6) is -0.0135.